The lowest BCUT2D eigenvalue weighted by Gasteiger charge is -2.13. The number of halogens is 4. The van der Waals surface area contributed by atoms with Gasteiger partial charge in [0.1, 0.15) is 0 Å². The van der Waals surface area contributed by atoms with Gasteiger partial charge in [0.15, 0.2) is 4.33 Å². The lowest BCUT2D eigenvalue weighted by molar-refractivity contribution is -0.112. The molecule has 0 aromatic rings. The maximum atomic E-state index is 10.6. The average Bonchev–Trinajstić information content (AvgIpc) is 1.98. The fourth-order valence-corrected chi connectivity index (χ4v) is 1.27. The second-order valence-electron chi connectivity index (χ2n) is 2.48. The molecular weight excluding hydrogens is 242 g/mol. The van der Waals surface area contributed by atoms with Crippen molar-refractivity contribution in [3.05, 3.63) is 0 Å². The molecule has 0 aliphatic rings. The van der Waals surface area contributed by atoms with E-state index in [0.717, 1.165) is 19.3 Å². The fourth-order valence-electron chi connectivity index (χ4n) is 0.717. The molecule has 0 aliphatic carbocycles. The highest BCUT2D eigenvalue weighted by Gasteiger charge is 2.30. The molecule has 0 N–H and O–H groups in total. The van der Waals surface area contributed by atoms with E-state index in [0.29, 0.717) is 12.3 Å². The van der Waals surface area contributed by atoms with E-state index < -0.39 is 9.58 Å². The SMILES string of the molecule is O=C(Cl)C(Cl)(Cl)CCCCCCl. The molecule has 0 rings (SSSR count). The topological polar surface area (TPSA) is 17.1 Å². The molecule has 0 amide bonds. The largest absolute Gasteiger partial charge is 0.278 e. The zero-order valence-corrected chi connectivity index (χ0v) is 9.48. The van der Waals surface area contributed by atoms with Crippen LogP contribution in [0.15, 0.2) is 0 Å². The van der Waals surface area contributed by atoms with Gasteiger partial charge in [-0.25, -0.2) is 0 Å². The van der Waals surface area contributed by atoms with E-state index in [2.05, 4.69) is 0 Å². The number of hydrogen-bond acceptors (Lipinski definition) is 1. The van der Waals surface area contributed by atoms with Gasteiger partial charge in [-0.1, -0.05) is 29.6 Å². The van der Waals surface area contributed by atoms with E-state index in [9.17, 15) is 4.79 Å². The van der Waals surface area contributed by atoms with Crippen molar-refractivity contribution in [2.75, 3.05) is 5.88 Å². The highest BCUT2D eigenvalue weighted by Crippen LogP contribution is 2.30. The summed E-state index contributed by atoms with van der Waals surface area (Å²) in [5, 5.41) is -0.711. The smallest absolute Gasteiger partial charge is 0.257 e. The third-order valence-electron chi connectivity index (χ3n) is 1.41. The second-order valence-corrected chi connectivity index (χ2v) is 4.68. The van der Waals surface area contributed by atoms with E-state index in [1.807, 2.05) is 0 Å². The van der Waals surface area contributed by atoms with Gasteiger partial charge in [-0.15, -0.1) is 11.6 Å². The number of carbonyl (C=O) groups excluding carboxylic acids is 1. The summed E-state index contributed by atoms with van der Waals surface area (Å²) in [6.45, 7) is 0. The molecule has 0 radical (unpaired) electrons. The van der Waals surface area contributed by atoms with Crippen molar-refractivity contribution in [3.63, 3.8) is 0 Å². The van der Waals surface area contributed by atoms with Crippen molar-refractivity contribution in [1.29, 1.82) is 0 Å². The van der Waals surface area contributed by atoms with Crippen LogP contribution < -0.4 is 0 Å². The first-order valence-electron chi connectivity index (χ1n) is 3.64. The zero-order chi connectivity index (χ0) is 9.61. The summed E-state index contributed by atoms with van der Waals surface area (Å²) < 4.78 is -1.42. The van der Waals surface area contributed by atoms with Crippen molar-refractivity contribution >= 4 is 51.6 Å². The van der Waals surface area contributed by atoms with Gasteiger partial charge in [-0.2, -0.15) is 0 Å². The maximum Gasteiger partial charge on any atom is 0.257 e. The Labute approximate surface area is 92.3 Å². The molecule has 0 atom stereocenters. The van der Waals surface area contributed by atoms with Crippen molar-refractivity contribution < 1.29 is 4.79 Å². The Bertz CT molecular complexity index is 146. The maximum absolute atomic E-state index is 10.6. The number of hydrogen-bond donors (Lipinski definition) is 0. The first-order chi connectivity index (χ1) is 5.50. The van der Waals surface area contributed by atoms with Crippen molar-refractivity contribution in [3.8, 4) is 0 Å². The van der Waals surface area contributed by atoms with Gasteiger partial charge in [-0.3, -0.25) is 4.79 Å². The highest BCUT2D eigenvalue weighted by atomic mass is 35.5. The zero-order valence-electron chi connectivity index (χ0n) is 6.46. The molecule has 0 saturated carbocycles. The summed E-state index contributed by atoms with van der Waals surface area (Å²) in [5.74, 6) is 0.617. The summed E-state index contributed by atoms with van der Waals surface area (Å²) in [6.07, 6.45) is 2.96. The van der Waals surface area contributed by atoms with Gasteiger partial charge in [-0.05, 0) is 30.9 Å². The second kappa shape index (κ2) is 6.31. The lowest BCUT2D eigenvalue weighted by Crippen LogP contribution is -2.20. The Morgan fingerprint density at radius 1 is 1.17 bits per heavy atom. The molecule has 1 nitrogen and oxygen atoms in total. The van der Waals surface area contributed by atoms with Crippen LogP contribution >= 0.6 is 46.4 Å². The standard InChI is InChI=1S/C7H10Cl4O/c8-5-3-1-2-4-7(10,11)6(9)12/h1-5H2. The van der Waals surface area contributed by atoms with Gasteiger partial charge >= 0.3 is 0 Å². The molecule has 0 aromatic heterocycles. The minimum Gasteiger partial charge on any atom is -0.278 e. The van der Waals surface area contributed by atoms with Crippen LogP contribution in [0.2, 0.25) is 0 Å². The molecule has 0 bridgehead atoms. The van der Waals surface area contributed by atoms with Gasteiger partial charge < -0.3 is 0 Å². The van der Waals surface area contributed by atoms with E-state index in [1.165, 1.54) is 0 Å². The summed E-state index contributed by atoms with van der Waals surface area (Å²) in [5.41, 5.74) is 0. The van der Waals surface area contributed by atoms with Crippen LogP contribution in [0.25, 0.3) is 0 Å². The Balaban J connectivity index is 3.54. The molecule has 0 heterocycles. The number of alkyl halides is 3. The van der Waals surface area contributed by atoms with Crippen LogP contribution in [-0.4, -0.2) is 15.5 Å². The summed E-state index contributed by atoms with van der Waals surface area (Å²) in [4.78, 5) is 10.6. The van der Waals surface area contributed by atoms with E-state index in [1.54, 1.807) is 0 Å². The number of carbonyl (C=O) groups is 1. The van der Waals surface area contributed by atoms with Crippen LogP contribution in [0.4, 0.5) is 0 Å². The molecule has 72 valence electrons. The minimum atomic E-state index is -1.42. The monoisotopic (exact) mass is 250 g/mol. The first-order valence-corrected chi connectivity index (χ1v) is 5.31. The normalized spacial score (nSPS) is 11.7. The van der Waals surface area contributed by atoms with Crippen LogP contribution in [0.3, 0.4) is 0 Å². The van der Waals surface area contributed by atoms with Crippen LogP contribution in [0.1, 0.15) is 25.7 Å². The summed E-state index contributed by atoms with van der Waals surface area (Å²) in [7, 11) is 0. The Kier molecular flexibility index (Phi) is 6.75. The predicted octanol–water partition coefficient (Wildman–Crippen LogP) is 3.72. The molecule has 0 aliphatic heterocycles. The van der Waals surface area contributed by atoms with Crippen molar-refractivity contribution in [2.45, 2.75) is 30.0 Å². The van der Waals surface area contributed by atoms with E-state index in [4.69, 9.17) is 46.4 Å². The Morgan fingerprint density at radius 2 is 1.75 bits per heavy atom. The average molecular weight is 252 g/mol. The van der Waals surface area contributed by atoms with Crippen LogP contribution in [0, 0.1) is 0 Å². The molecule has 0 aromatic carbocycles. The lowest BCUT2D eigenvalue weighted by atomic mass is 10.1. The molecular formula is C7H10Cl4O. The first kappa shape index (κ1) is 12.8. The molecule has 12 heavy (non-hydrogen) atoms. The van der Waals surface area contributed by atoms with Crippen molar-refractivity contribution in [1.82, 2.24) is 0 Å². The van der Waals surface area contributed by atoms with Crippen LogP contribution in [0.5, 0.6) is 0 Å². The predicted molar refractivity (Wildman–Crippen MR) is 54.5 cm³/mol. The van der Waals surface area contributed by atoms with E-state index in [-0.39, 0.29) is 0 Å². The van der Waals surface area contributed by atoms with E-state index >= 15 is 0 Å². The third-order valence-corrected chi connectivity index (χ3v) is 2.92. The number of unbranched alkanes of at least 4 members (excludes halogenated alkanes) is 2. The molecule has 0 spiro atoms. The Morgan fingerprint density at radius 3 is 2.17 bits per heavy atom. The number of rotatable bonds is 6. The van der Waals surface area contributed by atoms with Gasteiger partial charge in [0.05, 0.1) is 0 Å². The van der Waals surface area contributed by atoms with Crippen LogP contribution in [-0.2, 0) is 4.79 Å². The molecule has 5 heteroatoms. The molecule has 0 fully saturated rings. The Hall–Kier alpha value is 0.830. The van der Waals surface area contributed by atoms with Gasteiger partial charge in [0.2, 0.25) is 0 Å². The quantitative estimate of drug-likeness (QED) is 0.400. The van der Waals surface area contributed by atoms with Crippen molar-refractivity contribution in [2.24, 2.45) is 0 Å². The molecule has 0 unspecified atom stereocenters. The molecule has 0 saturated heterocycles. The highest BCUT2D eigenvalue weighted by molar-refractivity contribution is 6.78. The summed E-state index contributed by atoms with van der Waals surface area (Å²) in [6, 6.07) is 0. The fraction of sp³-hybridized carbons (Fsp3) is 0.857. The van der Waals surface area contributed by atoms with Gasteiger partial charge in [0.25, 0.3) is 5.24 Å². The van der Waals surface area contributed by atoms with Gasteiger partial charge in [0, 0.05) is 5.88 Å². The minimum absolute atomic E-state index is 0.384. The third kappa shape index (κ3) is 5.47. The summed E-state index contributed by atoms with van der Waals surface area (Å²) >= 11 is 21.8.